The lowest BCUT2D eigenvalue weighted by atomic mass is 9.88. The zero-order valence-corrected chi connectivity index (χ0v) is 10.8. The van der Waals surface area contributed by atoms with E-state index < -0.39 is 17.8 Å². The SMILES string of the molecule is CCCOc1ccc([C@H]2CNC(=O)[C@H]2C(=O)O)cc1. The topological polar surface area (TPSA) is 75.6 Å². The number of carbonyl (C=O) groups is 2. The van der Waals surface area contributed by atoms with Crippen LogP contribution in [0.2, 0.25) is 0 Å². The van der Waals surface area contributed by atoms with Crippen LogP contribution in [-0.2, 0) is 9.59 Å². The lowest BCUT2D eigenvalue weighted by Gasteiger charge is -2.14. The molecule has 0 aromatic heterocycles. The predicted molar refractivity (Wildman–Crippen MR) is 69.1 cm³/mol. The molecule has 1 aromatic carbocycles. The minimum Gasteiger partial charge on any atom is -0.494 e. The van der Waals surface area contributed by atoms with Crippen LogP contribution in [0.15, 0.2) is 24.3 Å². The molecule has 0 saturated carbocycles. The molecule has 1 heterocycles. The first-order chi connectivity index (χ1) is 9.13. The van der Waals surface area contributed by atoms with Crippen molar-refractivity contribution in [2.45, 2.75) is 19.3 Å². The fourth-order valence-corrected chi connectivity index (χ4v) is 2.25. The third-order valence-electron chi connectivity index (χ3n) is 3.23. The number of hydrogen-bond acceptors (Lipinski definition) is 3. The summed E-state index contributed by atoms with van der Waals surface area (Å²) in [5.41, 5.74) is 0.842. The van der Waals surface area contributed by atoms with E-state index in [4.69, 9.17) is 9.84 Å². The molecule has 5 nitrogen and oxygen atoms in total. The minimum absolute atomic E-state index is 0.315. The largest absolute Gasteiger partial charge is 0.494 e. The highest BCUT2D eigenvalue weighted by Crippen LogP contribution is 2.30. The Balaban J connectivity index is 2.13. The molecule has 19 heavy (non-hydrogen) atoms. The number of rotatable bonds is 5. The fraction of sp³-hybridized carbons (Fsp3) is 0.429. The molecule has 1 fully saturated rings. The fourth-order valence-electron chi connectivity index (χ4n) is 2.25. The zero-order chi connectivity index (χ0) is 13.8. The van der Waals surface area contributed by atoms with Gasteiger partial charge >= 0.3 is 5.97 Å². The summed E-state index contributed by atoms with van der Waals surface area (Å²) < 4.78 is 5.47. The maximum atomic E-state index is 11.5. The van der Waals surface area contributed by atoms with E-state index >= 15 is 0 Å². The molecule has 2 rings (SSSR count). The van der Waals surface area contributed by atoms with Gasteiger partial charge in [0.2, 0.25) is 5.91 Å². The molecule has 0 bridgehead atoms. The zero-order valence-electron chi connectivity index (χ0n) is 10.8. The summed E-state index contributed by atoms with van der Waals surface area (Å²) in [7, 11) is 0. The van der Waals surface area contributed by atoms with Crippen molar-refractivity contribution in [1.29, 1.82) is 0 Å². The molecule has 1 aliphatic heterocycles. The Labute approximate surface area is 111 Å². The Morgan fingerprint density at radius 2 is 2.11 bits per heavy atom. The van der Waals surface area contributed by atoms with Gasteiger partial charge in [0.1, 0.15) is 11.7 Å². The molecular weight excluding hydrogens is 246 g/mol. The van der Waals surface area contributed by atoms with Gasteiger partial charge in [-0.15, -0.1) is 0 Å². The van der Waals surface area contributed by atoms with Gasteiger partial charge in [-0.3, -0.25) is 9.59 Å². The van der Waals surface area contributed by atoms with Crippen LogP contribution in [0.1, 0.15) is 24.8 Å². The Kier molecular flexibility index (Phi) is 4.04. The molecule has 0 aliphatic carbocycles. The predicted octanol–water partition coefficient (Wildman–Crippen LogP) is 1.39. The van der Waals surface area contributed by atoms with Gasteiger partial charge in [-0.1, -0.05) is 19.1 Å². The summed E-state index contributed by atoms with van der Waals surface area (Å²) in [6, 6.07) is 7.27. The molecule has 2 N–H and O–H groups in total. The molecule has 1 aromatic rings. The quantitative estimate of drug-likeness (QED) is 0.787. The first-order valence-corrected chi connectivity index (χ1v) is 6.36. The van der Waals surface area contributed by atoms with Crippen molar-refractivity contribution in [3.8, 4) is 5.75 Å². The number of aliphatic carboxylic acids is 1. The van der Waals surface area contributed by atoms with Crippen molar-refractivity contribution >= 4 is 11.9 Å². The van der Waals surface area contributed by atoms with Gasteiger partial charge in [0.15, 0.2) is 0 Å². The number of nitrogens with one attached hydrogen (secondary N) is 1. The van der Waals surface area contributed by atoms with E-state index in [1.54, 1.807) is 0 Å². The second-order valence-electron chi connectivity index (χ2n) is 4.59. The van der Waals surface area contributed by atoms with Crippen molar-refractivity contribution in [1.82, 2.24) is 5.32 Å². The summed E-state index contributed by atoms with van der Waals surface area (Å²) >= 11 is 0. The monoisotopic (exact) mass is 263 g/mol. The van der Waals surface area contributed by atoms with Gasteiger partial charge in [0, 0.05) is 12.5 Å². The van der Waals surface area contributed by atoms with Crippen LogP contribution in [0.4, 0.5) is 0 Å². The van der Waals surface area contributed by atoms with E-state index in [0.29, 0.717) is 13.2 Å². The highest BCUT2D eigenvalue weighted by atomic mass is 16.5. The molecular formula is C14H17NO4. The summed E-state index contributed by atoms with van der Waals surface area (Å²) in [5, 5.41) is 11.7. The molecule has 1 aliphatic rings. The second-order valence-corrected chi connectivity index (χ2v) is 4.59. The van der Waals surface area contributed by atoms with Crippen molar-refractivity contribution in [3.63, 3.8) is 0 Å². The van der Waals surface area contributed by atoms with Crippen molar-refractivity contribution in [2.75, 3.05) is 13.2 Å². The number of benzene rings is 1. The van der Waals surface area contributed by atoms with Gasteiger partial charge < -0.3 is 15.2 Å². The molecule has 1 amide bonds. The van der Waals surface area contributed by atoms with Crippen LogP contribution >= 0.6 is 0 Å². The van der Waals surface area contributed by atoms with E-state index in [1.807, 2.05) is 31.2 Å². The maximum Gasteiger partial charge on any atom is 0.316 e. The summed E-state index contributed by atoms with van der Waals surface area (Å²) in [4.78, 5) is 22.6. The van der Waals surface area contributed by atoms with Crippen molar-refractivity contribution in [2.24, 2.45) is 5.92 Å². The number of carbonyl (C=O) groups excluding carboxylic acids is 1. The van der Waals surface area contributed by atoms with Crippen LogP contribution in [0.3, 0.4) is 0 Å². The van der Waals surface area contributed by atoms with E-state index in [9.17, 15) is 9.59 Å². The average Bonchev–Trinajstić information content (AvgIpc) is 2.79. The van der Waals surface area contributed by atoms with Crippen LogP contribution in [-0.4, -0.2) is 30.1 Å². The third-order valence-corrected chi connectivity index (χ3v) is 3.23. The van der Waals surface area contributed by atoms with Gasteiger partial charge in [-0.05, 0) is 24.1 Å². The number of hydrogen-bond donors (Lipinski definition) is 2. The highest BCUT2D eigenvalue weighted by molar-refractivity contribution is 5.99. The van der Waals surface area contributed by atoms with Crippen LogP contribution < -0.4 is 10.1 Å². The molecule has 102 valence electrons. The summed E-state index contributed by atoms with van der Waals surface area (Å²) in [5.74, 6) is -2.04. The van der Waals surface area contributed by atoms with Gasteiger partial charge in [0.25, 0.3) is 0 Å². The van der Waals surface area contributed by atoms with Crippen LogP contribution in [0.25, 0.3) is 0 Å². The first kappa shape index (κ1) is 13.4. The number of amides is 1. The van der Waals surface area contributed by atoms with E-state index in [0.717, 1.165) is 17.7 Å². The molecule has 1 saturated heterocycles. The number of carboxylic acid groups (broad SMARTS) is 1. The molecule has 0 unspecified atom stereocenters. The van der Waals surface area contributed by atoms with Crippen molar-refractivity contribution < 1.29 is 19.4 Å². The van der Waals surface area contributed by atoms with E-state index in [-0.39, 0.29) is 5.92 Å². The first-order valence-electron chi connectivity index (χ1n) is 6.36. The Bertz CT molecular complexity index is 469. The normalized spacial score (nSPS) is 22.1. The Morgan fingerprint density at radius 1 is 1.42 bits per heavy atom. The summed E-state index contributed by atoms with van der Waals surface area (Å²) in [6.45, 7) is 3.05. The highest BCUT2D eigenvalue weighted by Gasteiger charge is 2.40. The average molecular weight is 263 g/mol. The molecule has 0 spiro atoms. The Morgan fingerprint density at radius 3 is 2.68 bits per heavy atom. The van der Waals surface area contributed by atoms with Gasteiger partial charge in [0.05, 0.1) is 6.61 Å². The number of ether oxygens (including phenoxy) is 1. The Hall–Kier alpha value is -2.04. The molecule has 5 heteroatoms. The maximum absolute atomic E-state index is 11.5. The summed E-state index contributed by atoms with van der Waals surface area (Å²) in [6.07, 6.45) is 0.934. The molecule has 0 radical (unpaired) electrons. The second kappa shape index (κ2) is 5.73. The third kappa shape index (κ3) is 2.86. The van der Waals surface area contributed by atoms with Crippen molar-refractivity contribution in [3.05, 3.63) is 29.8 Å². The minimum atomic E-state index is -1.08. The van der Waals surface area contributed by atoms with Crippen LogP contribution in [0.5, 0.6) is 5.75 Å². The van der Waals surface area contributed by atoms with Crippen LogP contribution in [0, 0.1) is 5.92 Å². The molecule has 2 atom stereocenters. The standard InChI is InChI=1S/C14H17NO4/c1-2-7-19-10-5-3-9(4-6-10)11-8-15-13(16)12(11)14(17)18/h3-6,11-12H,2,7-8H2,1H3,(H,15,16)(H,17,18)/t11-,12+/m1/s1. The van der Waals surface area contributed by atoms with Gasteiger partial charge in [-0.2, -0.15) is 0 Å². The van der Waals surface area contributed by atoms with Gasteiger partial charge in [-0.25, -0.2) is 0 Å². The number of carboxylic acids is 1. The lowest BCUT2D eigenvalue weighted by molar-refractivity contribution is -0.145. The van der Waals surface area contributed by atoms with E-state index in [1.165, 1.54) is 0 Å². The lowest BCUT2D eigenvalue weighted by Crippen LogP contribution is -2.26. The van der Waals surface area contributed by atoms with E-state index in [2.05, 4.69) is 5.32 Å². The smallest absolute Gasteiger partial charge is 0.316 e.